The number of nitrogens with one attached hydrogen (secondary N) is 1. The number of anilines is 1. The van der Waals surface area contributed by atoms with E-state index in [9.17, 15) is 4.79 Å². The molecule has 0 aliphatic heterocycles. The molecule has 1 amide bonds. The first-order valence-corrected chi connectivity index (χ1v) is 12.6. The fourth-order valence-electron chi connectivity index (χ4n) is 3.86. The summed E-state index contributed by atoms with van der Waals surface area (Å²) in [6.45, 7) is 9.69. The predicted molar refractivity (Wildman–Crippen MR) is 145 cm³/mol. The van der Waals surface area contributed by atoms with Gasteiger partial charge in [0.05, 0.1) is 11.4 Å². The molecule has 9 heteroatoms. The Hall–Kier alpha value is -4.37. The monoisotopic (exact) mass is 510 g/mol. The summed E-state index contributed by atoms with van der Waals surface area (Å²) < 4.78 is 7.80. The van der Waals surface area contributed by atoms with E-state index in [0.717, 1.165) is 27.5 Å². The van der Waals surface area contributed by atoms with E-state index in [2.05, 4.69) is 25.4 Å². The van der Waals surface area contributed by atoms with Gasteiger partial charge >= 0.3 is 0 Å². The van der Waals surface area contributed by atoms with Crippen molar-refractivity contribution in [1.29, 1.82) is 0 Å². The number of hydrogen-bond acceptors (Lipinski definition) is 7. The lowest BCUT2D eigenvalue weighted by Gasteiger charge is -2.10. The number of aryl methyl sites for hydroxylation is 3. The first-order chi connectivity index (χ1) is 17.8. The molecule has 0 atom stereocenters. The van der Waals surface area contributed by atoms with E-state index in [1.165, 1.54) is 11.3 Å². The molecule has 3 heterocycles. The highest BCUT2D eigenvalue weighted by molar-refractivity contribution is 7.17. The first kappa shape index (κ1) is 24.3. The van der Waals surface area contributed by atoms with Crippen molar-refractivity contribution in [3.8, 4) is 28.0 Å². The van der Waals surface area contributed by atoms with Gasteiger partial charge in [-0.2, -0.15) is 10.1 Å². The summed E-state index contributed by atoms with van der Waals surface area (Å²) >= 11 is 1.38. The van der Waals surface area contributed by atoms with E-state index in [0.29, 0.717) is 39.5 Å². The van der Waals surface area contributed by atoms with Crippen molar-refractivity contribution < 1.29 is 9.53 Å². The van der Waals surface area contributed by atoms with Gasteiger partial charge in [-0.15, -0.1) is 11.3 Å². The van der Waals surface area contributed by atoms with Gasteiger partial charge in [0, 0.05) is 23.0 Å². The Bertz CT molecular complexity index is 1590. The molecule has 0 spiro atoms. The Balaban J connectivity index is 1.30. The maximum absolute atomic E-state index is 12.9. The normalized spacial score (nSPS) is 10.9. The van der Waals surface area contributed by atoms with Crippen LogP contribution in [0.5, 0.6) is 11.6 Å². The highest BCUT2D eigenvalue weighted by Crippen LogP contribution is 2.29. The fourth-order valence-corrected chi connectivity index (χ4v) is 4.82. The predicted octanol–water partition coefficient (Wildman–Crippen LogP) is 6.37. The van der Waals surface area contributed by atoms with Crippen molar-refractivity contribution in [1.82, 2.24) is 24.7 Å². The summed E-state index contributed by atoms with van der Waals surface area (Å²) in [5.74, 6) is 2.04. The van der Waals surface area contributed by atoms with Crippen LogP contribution in [0, 0.1) is 34.6 Å². The van der Waals surface area contributed by atoms with Crippen LogP contribution in [0.25, 0.3) is 16.4 Å². The highest BCUT2D eigenvalue weighted by atomic mass is 32.1. The van der Waals surface area contributed by atoms with Gasteiger partial charge in [-0.05, 0) is 64.4 Å². The van der Waals surface area contributed by atoms with E-state index >= 15 is 0 Å². The summed E-state index contributed by atoms with van der Waals surface area (Å²) in [4.78, 5) is 27.0. The minimum Gasteiger partial charge on any atom is -0.439 e. The van der Waals surface area contributed by atoms with Gasteiger partial charge in [-0.1, -0.05) is 30.3 Å². The van der Waals surface area contributed by atoms with E-state index in [1.807, 2.05) is 65.0 Å². The van der Waals surface area contributed by atoms with Crippen LogP contribution in [-0.2, 0) is 0 Å². The zero-order valence-corrected chi connectivity index (χ0v) is 22.1. The molecule has 0 saturated heterocycles. The lowest BCUT2D eigenvalue weighted by Crippen LogP contribution is -2.11. The van der Waals surface area contributed by atoms with Gasteiger partial charge in [0.2, 0.25) is 5.88 Å². The summed E-state index contributed by atoms with van der Waals surface area (Å²) in [5.41, 5.74) is 5.46. The standard InChI is InChI=1S/C28H26N6O2S/c1-16-17(2)33-34(19(16)4)24-15-25(31-20(5)30-24)36-23-13-11-22(12-14-23)32-27(35)26-18(3)29-28(37-26)21-9-7-6-8-10-21/h6-15H,1-5H3,(H,32,35). The quantitative estimate of drug-likeness (QED) is 0.285. The zero-order chi connectivity index (χ0) is 26.1. The highest BCUT2D eigenvalue weighted by Gasteiger charge is 2.17. The zero-order valence-electron chi connectivity index (χ0n) is 21.2. The molecular weight excluding hydrogens is 484 g/mol. The second-order valence-corrected chi connectivity index (χ2v) is 9.70. The summed E-state index contributed by atoms with van der Waals surface area (Å²) in [6, 6.07) is 18.8. The minimum absolute atomic E-state index is 0.193. The van der Waals surface area contributed by atoms with Crippen LogP contribution in [0.1, 0.15) is 38.1 Å². The Kier molecular flexibility index (Phi) is 6.54. The molecule has 0 unspecified atom stereocenters. The Morgan fingerprint density at radius 1 is 0.892 bits per heavy atom. The van der Waals surface area contributed by atoms with Gasteiger partial charge in [0.15, 0.2) is 5.82 Å². The topological polar surface area (TPSA) is 94.8 Å². The lowest BCUT2D eigenvalue weighted by molar-refractivity contribution is 0.103. The van der Waals surface area contributed by atoms with Crippen LogP contribution in [-0.4, -0.2) is 30.6 Å². The number of nitrogens with zero attached hydrogens (tertiary/aromatic N) is 5. The molecule has 3 aromatic heterocycles. The third-order valence-electron chi connectivity index (χ3n) is 6.03. The number of aromatic nitrogens is 5. The SMILES string of the molecule is Cc1nc(Oc2ccc(NC(=O)c3sc(-c4ccccc4)nc3C)cc2)cc(-n2nc(C)c(C)c2C)n1. The van der Waals surface area contributed by atoms with Crippen LogP contribution < -0.4 is 10.1 Å². The van der Waals surface area contributed by atoms with E-state index < -0.39 is 0 Å². The average molecular weight is 511 g/mol. The molecule has 2 aromatic carbocycles. The van der Waals surface area contributed by atoms with E-state index in [-0.39, 0.29) is 5.91 Å². The number of ether oxygens (including phenoxy) is 1. The van der Waals surface area contributed by atoms with Crippen LogP contribution in [0.3, 0.4) is 0 Å². The van der Waals surface area contributed by atoms with Gasteiger partial charge in [-0.25, -0.2) is 14.6 Å². The molecule has 8 nitrogen and oxygen atoms in total. The molecule has 0 aliphatic rings. The largest absolute Gasteiger partial charge is 0.439 e. The number of carbonyl (C=O) groups excluding carboxylic acids is 1. The van der Waals surface area contributed by atoms with Crippen molar-refractivity contribution in [3.05, 3.63) is 94.0 Å². The van der Waals surface area contributed by atoms with Crippen molar-refractivity contribution >= 4 is 22.9 Å². The first-order valence-electron chi connectivity index (χ1n) is 11.8. The minimum atomic E-state index is -0.193. The second kappa shape index (κ2) is 9.94. The van der Waals surface area contributed by atoms with Gasteiger partial charge in [-0.3, -0.25) is 4.79 Å². The summed E-state index contributed by atoms with van der Waals surface area (Å²) in [5, 5.41) is 8.35. The van der Waals surface area contributed by atoms with E-state index in [1.54, 1.807) is 35.0 Å². The van der Waals surface area contributed by atoms with Crippen molar-refractivity contribution in [3.63, 3.8) is 0 Å². The molecule has 5 aromatic rings. The van der Waals surface area contributed by atoms with Crippen molar-refractivity contribution in [2.45, 2.75) is 34.6 Å². The summed E-state index contributed by atoms with van der Waals surface area (Å²) in [7, 11) is 0. The fraction of sp³-hybridized carbons (Fsp3) is 0.179. The smallest absolute Gasteiger partial charge is 0.267 e. The van der Waals surface area contributed by atoms with Crippen LogP contribution in [0.2, 0.25) is 0 Å². The lowest BCUT2D eigenvalue weighted by atomic mass is 10.2. The molecule has 186 valence electrons. The molecule has 0 bridgehead atoms. The van der Waals surface area contributed by atoms with E-state index in [4.69, 9.17) is 4.74 Å². The second-order valence-electron chi connectivity index (χ2n) is 8.70. The third-order valence-corrected chi connectivity index (χ3v) is 7.23. The summed E-state index contributed by atoms with van der Waals surface area (Å²) in [6.07, 6.45) is 0. The molecule has 0 aliphatic carbocycles. The Morgan fingerprint density at radius 2 is 1.62 bits per heavy atom. The maximum atomic E-state index is 12.9. The Labute approximate surface area is 219 Å². The third kappa shape index (κ3) is 5.12. The van der Waals surface area contributed by atoms with Crippen LogP contribution >= 0.6 is 11.3 Å². The number of rotatable bonds is 6. The molecule has 37 heavy (non-hydrogen) atoms. The molecule has 0 radical (unpaired) electrons. The average Bonchev–Trinajstić information content (AvgIpc) is 3.40. The maximum Gasteiger partial charge on any atom is 0.267 e. The van der Waals surface area contributed by atoms with Gasteiger partial charge < -0.3 is 10.1 Å². The number of thiazole rings is 1. The number of carbonyl (C=O) groups is 1. The number of benzene rings is 2. The number of hydrogen-bond donors (Lipinski definition) is 1. The molecule has 1 N–H and O–H groups in total. The van der Waals surface area contributed by atoms with Crippen LogP contribution in [0.4, 0.5) is 5.69 Å². The molecule has 0 saturated carbocycles. The van der Waals surface area contributed by atoms with Crippen molar-refractivity contribution in [2.75, 3.05) is 5.32 Å². The van der Waals surface area contributed by atoms with Gasteiger partial charge in [0.1, 0.15) is 21.5 Å². The van der Waals surface area contributed by atoms with Gasteiger partial charge in [0.25, 0.3) is 5.91 Å². The van der Waals surface area contributed by atoms with Crippen molar-refractivity contribution in [2.24, 2.45) is 0 Å². The molecule has 5 rings (SSSR count). The number of amides is 1. The molecule has 0 fully saturated rings. The molecular formula is C28H26N6O2S. The Morgan fingerprint density at radius 3 is 2.30 bits per heavy atom. The van der Waals surface area contributed by atoms with Crippen LogP contribution in [0.15, 0.2) is 60.7 Å².